The molecule has 6 nitrogen and oxygen atoms in total. The van der Waals surface area contributed by atoms with Crippen LogP contribution >= 0.6 is 0 Å². The van der Waals surface area contributed by atoms with Crippen molar-refractivity contribution in [3.63, 3.8) is 0 Å². The third kappa shape index (κ3) is 4.11. The molecular formula is C22H16F4N4O2. The van der Waals surface area contributed by atoms with Crippen molar-refractivity contribution >= 4 is 11.6 Å². The molecule has 0 aliphatic heterocycles. The van der Waals surface area contributed by atoms with Crippen LogP contribution in [0, 0.1) is 12.7 Å². The van der Waals surface area contributed by atoms with Gasteiger partial charge in [0.05, 0.1) is 11.4 Å². The van der Waals surface area contributed by atoms with E-state index in [0.29, 0.717) is 11.3 Å². The van der Waals surface area contributed by atoms with Crippen LogP contribution in [-0.4, -0.2) is 20.7 Å². The van der Waals surface area contributed by atoms with Crippen LogP contribution in [0.1, 0.15) is 21.9 Å². The minimum atomic E-state index is -4.64. The number of anilines is 1. The molecule has 32 heavy (non-hydrogen) atoms. The quantitative estimate of drug-likeness (QED) is 0.424. The van der Waals surface area contributed by atoms with Gasteiger partial charge >= 0.3 is 6.18 Å². The molecule has 0 aliphatic carbocycles. The molecule has 2 heterocycles. The molecular weight excluding hydrogens is 428 g/mol. The van der Waals surface area contributed by atoms with E-state index in [0.717, 1.165) is 16.8 Å². The molecule has 2 aromatic carbocycles. The van der Waals surface area contributed by atoms with Crippen LogP contribution in [-0.2, 0) is 13.2 Å². The standard InChI is InChI=1S/C22H16F4N4O2/c1-12-19(32-21(27-12)13-6-4-3-5-7-13)20(31)28-14-8-9-15(16(23)10-14)17-11-18(22(24,25)26)29-30(17)2/h3-11H,1-2H3,(H,28,31). The molecule has 0 saturated heterocycles. The van der Waals surface area contributed by atoms with Gasteiger partial charge in [-0.2, -0.15) is 18.3 Å². The number of alkyl halides is 3. The van der Waals surface area contributed by atoms with Gasteiger partial charge in [0.25, 0.3) is 5.91 Å². The zero-order valence-electron chi connectivity index (χ0n) is 16.9. The molecule has 0 radical (unpaired) electrons. The topological polar surface area (TPSA) is 73.0 Å². The van der Waals surface area contributed by atoms with E-state index in [1.165, 1.54) is 19.2 Å². The van der Waals surface area contributed by atoms with Crippen molar-refractivity contribution in [1.29, 1.82) is 0 Å². The number of hydrogen-bond acceptors (Lipinski definition) is 4. The molecule has 4 aromatic rings. The molecule has 1 N–H and O–H groups in total. The van der Waals surface area contributed by atoms with Crippen LogP contribution in [0.15, 0.2) is 59.0 Å². The zero-order chi connectivity index (χ0) is 23.0. The molecule has 0 atom stereocenters. The molecule has 10 heteroatoms. The Balaban J connectivity index is 1.57. The van der Waals surface area contributed by atoms with Crippen molar-refractivity contribution in [2.75, 3.05) is 5.32 Å². The number of carbonyl (C=O) groups excluding carboxylic acids is 1. The summed E-state index contributed by atoms with van der Waals surface area (Å²) in [5, 5.41) is 5.90. The third-order valence-electron chi connectivity index (χ3n) is 4.70. The molecule has 4 rings (SSSR count). The Hall–Kier alpha value is -3.95. The first-order valence-electron chi connectivity index (χ1n) is 9.39. The Labute approximate surface area is 179 Å². The van der Waals surface area contributed by atoms with Gasteiger partial charge < -0.3 is 9.73 Å². The van der Waals surface area contributed by atoms with Crippen molar-refractivity contribution in [2.45, 2.75) is 13.1 Å². The molecule has 0 saturated carbocycles. The highest BCUT2D eigenvalue weighted by atomic mass is 19.4. The first kappa shape index (κ1) is 21.3. The van der Waals surface area contributed by atoms with Crippen molar-refractivity contribution in [1.82, 2.24) is 14.8 Å². The molecule has 2 aromatic heterocycles. The molecule has 0 spiro atoms. The van der Waals surface area contributed by atoms with Crippen LogP contribution in [0.3, 0.4) is 0 Å². The predicted octanol–water partition coefficient (Wildman–Crippen LogP) is 5.46. The molecule has 164 valence electrons. The summed E-state index contributed by atoms with van der Waals surface area (Å²) in [6.45, 7) is 1.61. The second-order valence-electron chi connectivity index (χ2n) is 6.98. The molecule has 0 bridgehead atoms. The number of aromatic nitrogens is 3. The van der Waals surface area contributed by atoms with Gasteiger partial charge in [-0.3, -0.25) is 9.48 Å². The van der Waals surface area contributed by atoms with Gasteiger partial charge in [0, 0.05) is 23.9 Å². The van der Waals surface area contributed by atoms with E-state index >= 15 is 0 Å². The van der Waals surface area contributed by atoms with Crippen molar-refractivity contribution in [3.8, 4) is 22.7 Å². The lowest BCUT2D eigenvalue weighted by atomic mass is 10.1. The van der Waals surface area contributed by atoms with Gasteiger partial charge in [0.1, 0.15) is 5.82 Å². The first-order chi connectivity index (χ1) is 15.1. The van der Waals surface area contributed by atoms with Crippen LogP contribution in [0.4, 0.5) is 23.2 Å². The van der Waals surface area contributed by atoms with Gasteiger partial charge in [-0.15, -0.1) is 0 Å². The number of oxazole rings is 1. The van der Waals surface area contributed by atoms with E-state index in [2.05, 4.69) is 15.4 Å². The lowest BCUT2D eigenvalue weighted by Crippen LogP contribution is -2.12. The van der Waals surface area contributed by atoms with Gasteiger partial charge in [0.15, 0.2) is 5.69 Å². The Morgan fingerprint density at radius 3 is 2.44 bits per heavy atom. The van der Waals surface area contributed by atoms with E-state index in [4.69, 9.17) is 4.42 Å². The highest BCUT2D eigenvalue weighted by molar-refractivity contribution is 6.03. The van der Waals surface area contributed by atoms with Gasteiger partial charge in [-0.25, -0.2) is 9.37 Å². The number of hydrogen-bond donors (Lipinski definition) is 1. The highest BCUT2D eigenvalue weighted by Crippen LogP contribution is 2.33. The van der Waals surface area contributed by atoms with E-state index in [-0.39, 0.29) is 28.6 Å². The Morgan fingerprint density at radius 1 is 1.09 bits per heavy atom. The fourth-order valence-corrected chi connectivity index (χ4v) is 3.16. The fraction of sp³-hybridized carbons (Fsp3) is 0.136. The van der Waals surface area contributed by atoms with Crippen molar-refractivity contribution in [2.24, 2.45) is 7.05 Å². The summed E-state index contributed by atoms with van der Waals surface area (Å²) in [5.41, 5.74) is -0.109. The van der Waals surface area contributed by atoms with Crippen LogP contribution < -0.4 is 5.32 Å². The lowest BCUT2D eigenvalue weighted by molar-refractivity contribution is -0.141. The zero-order valence-corrected chi connectivity index (χ0v) is 16.9. The summed E-state index contributed by atoms with van der Waals surface area (Å²) < 4.78 is 59.8. The van der Waals surface area contributed by atoms with Gasteiger partial charge in [0.2, 0.25) is 11.7 Å². The number of rotatable bonds is 4. The minimum absolute atomic E-state index is 0.0326. The summed E-state index contributed by atoms with van der Waals surface area (Å²) in [6, 6.07) is 13.4. The highest BCUT2D eigenvalue weighted by Gasteiger charge is 2.35. The van der Waals surface area contributed by atoms with E-state index < -0.39 is 23.6 Å². The summed E-state index contributed by atoms with van der Waals surface area (Å²) in [6.07, 6.45) is -4.64. The fourth-order valence-electron chi connectivity index (χ4n) is 3.16. The van der Waals surface area contributed by atoms with Crippen LogP contribution in [0.2, 0.25) is 0 Å². The van der Waals surface area contributed by atoms with Gasteiger partial charge in [-0.1, -0.05) is 18.2 Å². The smallest absolute Gasteiger partial charge is 0.431 e. The number of nitrogens with zero attached hydrogens (tertiary/aromatic N) is 3. The number of carbonyl (C=O) groups is 1. The lowest BCUT2D eigenvalue weighted by Gasteiger charge is -2.08. The minimum Gasteiger partial charge on any atom is -0.431 e. The summed E-state index contributed by atoms with van der Waals surface area (Å²) in [4.78, 5) is 16.9. The number of amides is 1. The van der Waals surface area contributed by atoms with Crippen LogP contribution in [0.25, 0.3) is 22.7 Å². The third-order valence-corrected chi connectivity index (χ3v) is 4.70. The SMILES string of the molecule is Cc1nc(-c2ccccc2)oc1C(=O)Nc1ccc(-c2cc(C(F)(F)F)nn2C)c(F)c1. The maximum absolute atomic E-state index is 14.7. The number of aryl methyl sites for hydroxylation is 2. The van der Waals surface area contributed by atoms with Crippen molar-refractivity contribution in [3.05, 3.63) is 77.6 Å². The van der Waals surface area contributed by atoms with E-state index in [1.807, 2.05) is 6.07 Å². The molecule has 0 unspecified atom stereocenters. The maximum Gasteiger partial charge on any atom is 0.435 e. The Kier molecular flexibility index (Phi) is 5.29. The second kappa shape index (κ2) is 7.95. The first-order valence-corrected chi connectivity index (χ1v) is 9.39. The van der Waals surface area contributed by atoms with Gasteiger partial charge in [-0.05, 0) is 43.3 Å². The molecule has 0 fully saturated rings. The van der Waals surface area contributed by atoms with E-state index in [1.54, 1.807) is 31.2 Å². The molecule has 0 aliphatic rings. The average Bonchev–Trinajstić information content (AvgIpc) is 3.32. The second-order valence-corrected chi connectivity index (χ2v) is 6.98. The number of benzene rings is 2. The number of halogens is 4. The monoisotopic (exact) mass is 444 g/mol. The predicted molar refractivity (Wildman–Crippen MR) is 108 cm³/mol. The number of nitrogens with one attached hydrogen (secondary N) is 1. The van der Waals surface area contributed by atoms with E-state index in [9.17, 15) is 22.4 Å². The average molecular weight is 444 g/mol. The largest absolute Gasteiger partial charge is 0.435 e. The maximum atomic E-state index is 14.7. The van der Waals surface area contributed by atoms with Crippen LogP contribution in [0.5, 0.6) is 0 Å². The summed E-state index contributed by atoms with van der Waals surface area (Å²) in [7, 11) is 1.29. The van der Waals surface area contributed by atoms with Crippen molar-refractivity contribution < 1.29 is 26.8 Å². The Morgan fingerprint density at radius 2 is 1.81 bits per heavy atom. The summed E-state index contributed by atoms with van der Waals surface area (Å²) in [5.74, 6) is -1.22. The Bertz CT molecular complexity index is 1290. The summed E-state index contributed by atoms with van der Waals surface area (Å²) >= 11 is 0. The molecule has 1 amide bonds. The normalized spacial score (nSPS) is 11.6.